The number of nitrogens with zero attached hydrogens (tertiary/aromatic N) is 3. The summed E-state index contributed by atoms with van der Waals surface area (Å²) in [5.74, 6) is 0. The Hall–Kier alpha value is -1.55. The van der Waals surface area contributed by atoms with Crippen LogP contribution in [0.5, 0.6) is 0 Å². The van der Waals surface area contributed by atoms with Crippen molar-refractivity contribution in [3.8, 4) is 11.4 Å². The van der Waals surface area contributed by atoms with Crippen LogP contribution >= 0.6 is 11.6 Å². The normalized spacial score (nSPS) is 10.7. The predicted octanol–water partition coefficient (Wildman–Crippen LogP) is 2.06. The Labute approximate surface area is 98.7 Å². The largest absolute Gasteiger partial charge is 0.284 e. The minimum Gasteiger partial charge on any atom is -0.284 e. The fourth-order valence-corrected chi connectivity index (χ4v) is 1.89. The van der Waals surface area contributed by atoms with Crippen LogP contribution in [-0.4, -0.2) is 15.0 Å². The minimum absolute atomic E-state index is 0.579. The third-order valence-electron chi connectivity index (χ3n) is 2.44. The van der Waals surface area contributed by atoms with Crippen molar-refractivity contribution in [2.75, 3.05) is 0 Å². The highest BCUT2D eigenvalue weighted by Gasteiger charge is 2.22. The lowest BCUT2D eigenvalue weighted by molar-refractivity contribution is -0.896. The number of aryl methyl sites for hydroxylation is 2. The van der Waals surface area contributed by atoms with E-state index in [1.807, 2.05) is 19.9 Å². The van der Waals surface area contributed by atoms with Gasteiger partial charge in [0, 0.05) is 23.4 Å². The molecule has 16 heavy (non-hydrogen) atoms. The van der Waals surface area contributed by atoms with Crippen LogP contribution in [0, 0.1) is 6.92 Å². The van der Waals surface area contributed by atoms with Crippen LogP contribution in [0.3, 0.4) is 0 Å². The second-order valence-corrected chi connectivity index (χ2v) is 3.87. The molecule has 0 aliphatic carbocycles. The lowest BCUT2D eigenvalue weighted by atomic mass is 10.2. The summed E-state index contributed by atoms with van der Waals surface area (Å²) in [4.78, 5) is 0. The van der Waals surface area contributed by atoms with Gasteiger partial charge in [-0.15, -0.1) is 0 Å². The zero-order chi connectivity index (χ0) is 11.7. The molecule has 2 rings (SSSR count). The van der Waals surface area contributed by atoms with Gasteiger partial charge in [0.15, 0.2) is 5.69 Å². The van der Waals surface area contributed by atoms with Crippen molar-refractivity contribution < 1.29 is 9.94 Å². The molecule has 2 aromatic heterocycles. The maximum absolute atomic E-state index is 9.73. The maximum atomic E-state index is 9.73. The zero-order valence-electron chi connectivity index (χ0n) is 9.18. The number of aromatic nitrogens is 3. The lowest BCUT2D eigenvalue weighted by Gasteiger charge is -2.01. The summed E-state index contributed by atoms with van der Waals surface area (Å²) < 4.78 is 2.83. The van der Waals surface area contributed by atoms with E-state index in [0.29, 0.717) is 17.3 Å². The Morgan fingerprint density at radius 1 is 1.50 bits per heavy atom. The van der Waals surface area contributed by atoms with Crippen LogP contribution in [0.15, 0.2) is 24.4 Å². The van der Waals surface area contributed by atoms with E-state index in [4.69, 9.17) is 11.6 Å². The molecule has 1 N–H and O–H groups in total. The van der Waals surface area contributed by atoms with Crippen molar-refractivity contribution in [3.63, 3.8) is 0 Å². The predicted molar refractivity (Wildman–Crippen MR) is 60.5 cm³/mol. The maximum Gasteiger partial charge on any atom is 0.283 e. The first kappa shape index (κ1) is 11.0. The highest BCUT2D eigenvalue weighted by molar-refractivity contribution is 6.33. The first-order chi connectivity index (χ1) is 7.65. The second kappa shape index (κ2) is 4.14. The Morgan fingerprint density at radius 2 is 2.25 bits per heavy atom. The number of halogens is 1. The molecule has 4 nitrogen and oxygen atoms in total. The van der Waals surface area contributed by atoms with Gasteiger partial charge in [0.05, 0.1) is 10.7 Å². The molecule has 0 unspecified atom stereocenters. The van der Waals surface area contributed by atoms with Gasteiger partial charge in [-0.1, -0.05) is 11.6 Å². The van der Waals surface area contributed by atoms with Gasteiger partial charge in [0.1, 0.15) is 0 Å². The lowest BCUT2D eigenvalue weighted by Crippen LogP contribution is -2.32. The molecular formula is C11H13ClN3O+. The topological polar surface area (TPSA) is 41.9 Å². The average molecular weight is 239 g/mol. The molecule has 0 bridgehead atoms. The standard InChI is InChI=1S/C11H13ClN3O/c1-3-14-11(10(12)8(2)13-14)9-6-4-5-7-15(9)16/h4-7,16H,3H2,1-2H3/q+1. The van der Waals surface area contributed by atoms with Crippen LogP contribution in [-0.2, 0) is 6.54 Å². The van der Waals surface area contributed by atoms with Gasteiger partial charge in [-0.3, -0.25) is 9.89 Å². The van der Waals surface area contributed by atoms with E-state index >= 15 is 0 Å². The molecule has 0 amide bonds. The van der Waals surface area contributed by atoms with Gasteiger partial charge in [0.25, 0.3) is 5.69 Å². The van der Waals surface area contributed by atoms with E-state index < -0.39 is 0 Å². The van der Waals surface area contributed by atoms with Crippen molar-refractivity contribution in [1.82, 2.24) is 9.78 Å². The molecule has 84 valence electrons. The van der Waals surface area contributed by atoms with Crippen molar-refractivity contribution in [3.05, 3.63) is 35.1 Å². The van der Waals surface area contributed by atoms with Crippen molar-refractivity contribution in [2.45, 2.75) is 20.4 Å². The minimum atomic E-state index is 0.579. The highest BCUT2D eigenvalue weighted by Crippen LogP contribution is 2.28. The molecule has 2 aromatic rings. The van der Waals surface area contributed by atoms with Crippen LogP contribution < -0.4 is 4.73 Å². The Bertz CT molecular complexity index is 522. The molecule has 0 aliphatic rings. The third-order valence-corrected chi connectivity index (χ3v) is 2.89. The van der Waals surface area contributed by atoms with Gasteiger partial charge < -0.3 is 0 Å². The average Bonchev–Trinajstić information content (AvgIpc) is 2.56. The Kier molecular flexibility index (Phi) is 2.83. The van der Waals surface area contributed by atoms with E-state index in [1.165, 1.54) is 0 Å². The van der Waals surface area contributed by atoms with Gasteiger partial charge in [-0.2, -0.15) is 5.10 Å². The first-order valence-electron chi connectivity index (χ1n) is 5.08. The second-order valence-electron chi connectivity index (χ2n) is 3.49. The zero-order valence-corrected chi connectivity index (χ0v) is 9.94. The first-order valence-corrected chi connectivity index (χ1v) is 5.46. The molecule has 0 aliphatic heterocycles. The Balaban J connectivity index is 2.68. The van der Waals surface area contributed by atoms with Crippen molar-refractivity contribution >= 4 is 11.6 Å². The highest BCUT2D eigenvalue weighted by atomic mass is 35.5. The van der Waals surface area contributed by atoms with Gasteiger partial charge >= 0.3 is 0 Å². The summed E-state index contributed by atoms with van der Waals surface area (Å²) in [6.07, 6.45) is 1.56. The summed E-state index contributed by atoms with van der Waals surface area (Å²) in [6, 6.07) is 5.39. The van der Waals surface area contributed by atoms with Crippen LogP contribution in [0.25, 0.3) is 11.4 Å². The number of hydrogen-bond donors (Lipinski definition) is 1. The molecule has 5 heteroatoms. The molecule has 0 saturated carbocycles. The van der Waals surface area contributed by atoms with E-state index in [2.05, 4.69) is 5.10 Å². The monoisotopic (exact) mass is 238 g/mol. The SMILES string of the molecule is CCn1nc(C)c(Cl)c1-c1cccc[n+]1O. The fraction of sp³-hybridized carbons (Fsp3) is 0.273. The third kappa shape index (κ3) is 1.65. The smallest absolute Gasteiger partial charge is 0.283 e. The summed E-state index contributed by atoms with van der Waals surface area (Å²) in [5, 5.41) is 14.6. The quantitative estimate of drug-likeness (QED) is 0.643. The molecule has 2 heterocycles. The number of hydrogen-bond acceptors (Lipinski definition) is 2. The number of rotatable bonds is 2. The summed E-state index contributed by atoms with van der Waals surface area (Å²) in [5.41, 5.74) is 2.14. The number of pyridine rings is 1. The molecule has 0 spiro atoms. The van der Waals surface area contributed by atoms with E-state index in [0.717, 1.165) is 16.1 Å². The van der Waals surface area contributed by atoms with Crippen LogP contribution in [0.2, 0.25) is 5.02 Å². The van der Waals surface area contributed by atoms with E-state index in [-0.39, 0.29) is 0 Å². The van der Waals surface area contributed by atoms with E-state index in [9.17, 15) is 5.21 Å². The van der Waals surface area contributed by atoms with Gasteiger partial charge in [-0.25, -0.2) is 0 Å². The van der Waals surface area contributed by atoms with Crippen LogP contribution in [0.4, 0.5) is 0 Å². The molecule has 0 atom stereocenters. The van der Waals surface area contributed by atoms with Crippen molar-refractivity contribution in [2.24, 2.45) is 0 Å². The van der Waals surface area contributed by atoms with Crippen molar-refractivity contribution in [1.29, 1.82) is 0 Å². The molecule has 0 radical (unpaired) electrons. The molecule has 0 aromatic carbocycles. The molecule has 0 saturated heterocycles. The molecule has 0 fully saturated rings. The summed E-state index contributed by atoms with van der Waals surface area (Å²) >= 11 is 6.19. The van der Waals surface area contributed by atoms with E-state index in [1.54, 1.807) is 23.0 Å². The summed E-state index contributed by atoms with van der Waals surface area (Å²) in [6.45, 7) is 4.54. The summed E-state index contributed by atoms with van der Waals surface area (Å²) in [7, 11) is 0. The van der Waals surface area contributed by atoms with Gasteiger partial charge in [0.2, 0.25) is 6.20 Å². The Morgan fingerprint density at radius 3 is 2.88 bits per heavy atom. The van der Waals surface area contributed by atoms with Crippen LogP contribution in [0.1, 0.15) is 12.6 Å². The fourth-order valence-electron chi connectivity index (χ4n) is 1.66. The molecular weight excluding hydrogens is 226 g/mol. The van der Waals surface area contributed by atoms with Gasteiger partial charge in [-0.05, 0) is 19.9 Å².